The summed E-state index contributed by atoms with van der Waals surface area (Å²) in [6.45, 7) is 2.39. The number of amides is 1. The van der Waals surface area contributed by atoms with E-state index in [0.717, 1.165) is 15.7 Å². The number of hydrogen-bond donors (Lipinski definition) is 1. The van der Waals surface area contributed by atoms with Crippen LogP contribution < -0.4 is 10.1 Å². The van der Waals surface area contributed by atoms with Crippen LogP contribution in [0.3, 0.4) is 0 Å². The first-order chi connectivity index (χ1) is 10.6. The van der Waals surface area contributed by atoms with Gasteiger partial charge in [-0.2, -0.15) is 10.1 Å². The number of carbonyl (C=O) groups excluding carboxylic acids is 1. The molecule has 3 aromatic rings. The first kappa shape index (κ1) is 14.4. The summed E-state index contributed by atoms with van der Waals surface area (Å²) in [5, 5.41) is 12.0. The van der Waals surface area contributed by atoms with Crippen molar-refractivity contribution < 1.29 is 9.53 Å². The molecule has 3 rings (SSSR count). The van der Waals surface area contributed by atoms with Crippen molar-refractivity contribution in [3.05, 3.63) is 22.7 Å². The van der Waals surface area contributed by atoms with Gasteiger partial charge in [0.1, 0.15) is 5.01 Å². The molecule has 0 aliphatic heterocycles. The molecule has 3 heterocycles. The molecule has 0 saturated carbocycles. The van der Waals surface area contributed by atoms with Gasteiger partial charge in [0.05, 0.1) is 19.0 Å². The standard InChI is InChI=1S/C12H15N7O2S/c1-7-16-19-6-8(14-12(19)22-7)4-5-13-10(20)9-15-11(21-3)18(2)17-9/h6H,4-5H2,1-3H3,(H,13,20). The van der Waals surface area contributed by atoms with E-state index in [0.29, 0.717) is 19.0 Å². The van der Waals surface area contributed by atoms with E-state index in [4.69, 9.17) is 4.74 Å². The Morgan fingerprint density at radius 3 is 2.91 bits per heavy atom. The van der Waals surface area contributed by atoms with Gasteiger partial charge in [0.25, 0.3) is 5.91 Å². The number of carbonyl (C=O) groups is 1. The lowest BCUT2D eigenvalue weighted by Crippen LogP contribution is -2.27. The smallest absolute Gasteiger partial charge is 0.314 e. The Morgan fingerprint density at radius 2 is 2.23 bits per heavy atom. The maximum atomic E-state index is 11.9. The molecule has 0 bridgehead atoms. The highest BCUT2D eigenvalue weighted by Gasteiger charge is 2.15. The second kappa shape index (κ2) is 5.72. The summed E-state index contributed by atoms with van der Waals surface area (Å²) in [6.07, 6.45) is 2.48. The molecule has 0 aromatic carbocycles. The Labute approximate surface area is 129 Å². The average Bonchev–Trinajstić information content (AvgIpc) is 3.11. The number of aryl methyl sites for hydroxylation is 2. The monoisotopic (exact) mass is 321 g/mol. The first-order valence-electron chi connectivity index (χ1n) is 6.61. The molecule has 0 spiro atoms. The van der Waals surface area contributed by atoms with Crippen molar-refractivity contribution in [3.8, 4) is 6.01 Å². The van der Waals surface area contributed by atoms with E-state index in [1.807, 2.05) is 13.1 Å². The molecular weight excluding hydrogens is 306 g/mol. The van der Waals surface area contributed by atoms with Gasteiger partial charge in [-0.15, -0.1) is 5.10 Å². The second-order valence-electron chi connectivity index (χ2n) is 4.63. The summed E-state index contributed by atoms with van der Waals surface area (Å²) < 4.78 is 8.14. The van der Waals surface area contributed by atoms with Gasteiger partial charge in [0.2, 0.25) is 10.8 Å². The number of nitrogens with one attached hydrogen (secondary N) is 1. The molecule has 0 atom stereocenters. The lowest BCUT2D eigenvalue weighted by molar-refractivity contribution is 0.0943. The fraction of sp³-hybridized carbons (Fsp3) is 0.417. The fourth-order valence-electron chi connectivity index (χ4n) is 1.99. The van der Waals surface area contributed by atoms with Crippen molar-refractivity contribution in [2.75, 3.05) is 13.7 Å². The van der Waals surface area contributed by atoms with Gasteiger partial charge in [-0.3, -0.25) is 4.79 Å². The summed E-state index contributed by atoms with van der Waals surface area (Å²) >= 11 is 1.53. The third-order valence-corrected chi connectivity index (χ3v) is 3.81. The highest BCUT2D eigenvalue weighted by atomic mass is 32.1. The van der Waals surface area contributed by atoms with Crippen LogP contribution in [0.25, 0.3) is 4.96 Å². The van der Waals surface area contributed by atoms with Crippen molar-refractivity contribution in [3.63, 3.8) is 0 Å². The third-order valence-electron chi connectivity index (χ3n) is 2.97. The molecular formula is C12H15N7O2S. The minimum Gasteiger partial charge on any atom is -0.467 e. The van der Waals surface area contributed by atoms with Gasteiger partial charge in [-0.1, -0.05) is 11.3 Å². The Kier molecular flexibility index (Phi) is 3.75. The van der Waals surface area contributed by atoms with E-state index in [-0.39, 0.29) is 11.7 Å². The number of rotatable bonds is 5. The van der Waals surface area contributed by atoms with Crippen molar-refractivity contribution in [2.45, 2.75) is 13.3 Å². The summed E-state index contributed by atoms with van der Waals surface area (Å²) in [7, 11) is 3.14. The molecule has 0 aliphatic carbocycles. The Bertz CT molecular complexity index is 787. The molecule has 9 nitrogen and oxygen atoms in total. The SMILES string of the molecule is COc1nc(C(=O)NCCc2cn3nc(C)sc3n2)nn1C. The van der Waals surface area contributed by atoms with E-state index in [1.54, 1.807) is 11.6 Å². The normalized spacial score (nSPS) is 11.0. The summed E-state index contributed by atoms with van der Waals surface area (Å²) in [4.78, 5) is 21.2. The molecule has 0 saturated heterocycles. The summed E-state index contributed by atoms with van der Waals surface area (Å²) in [5.74, 6) is -0.253. The molecule has 0 radical (unpaired) electrons. The van der Waals surface area contributed by atoms with E-state index in [1.165, 1.54) is 23.1 Å². The van der Waals surface area contributed by atoms with Crippen molar-refractivity contribution >= 4 is 22.2 Å². The zero-order valence-corrected chi connectivity index (χ0v) is 13.2. The van der Waals surface area contributed by atoms with Gasteiger partial charge in [-0.05, 0) is 6.92 Å². The first-order valence-corrected chi connectivity index (χ1v) is 7.43. The number of hydrogen-bond acceptors (Lipinski definition) is 7. The maximum Gasteiger partial charge on any atom is 0.314 e. The van der Waals surface area contributed by atoms with Crippen molar-refractivity contribution in [1.29, 1.82) is 0 Å². The van der Waals surface area contributed by atoms with Gasteiger partial charge >= 0.3 is 6.01 Å². The summed E-state index contributed by atoms with van der Waals surface area (Å²) in [5.41, 5.74) is 0.880. The van der Waals surface area contributed by atoms with E-state index in [2.05, 4.69) is 25.5 Å². The number of nitrogens with zero attached hydrogens (tertiary/aromatic N) is 6. The van der Waals surface area contributed by atoms with Gasteiger partial charge < -0.3 is 10.1 Å². The maximum absolute atomic E-state index is 11.9. The van der Waals surface area contributed by atoms with Crippen LogP contribution >= 0.6 is 11.3 Å². The highest BCUT2D eigenvalue weighted by molar-refractivity contribution is 7.16. The molecule has 3 aromatic heterocycles. The van der Waals surface area contributed by atoms with Crippen LogP contribution in [0, 0.1) is 6.92 Å². The number of methoxy groups -OCH3 is 1. The number of imidazole rings is 1. The van der Waals surface area contributed by atoms with Crippen LogP contribution in [0.1, 0.15) is 21.3 Å². The van der Waals surface area contributed by atoms with Crippen LogP contribution in [0.5, 0.6) is 6.01 Å². The van der Waals surface area contributed by atoms with Gasteiger partial charge in [-0.25, -0.2) is 14.2 Å². The second-order valence-corrected chi connectivity index (χ2v) is 5.79. The molecule has 1 N–H and O–H groups in total. The third kappa shape index (κ3) is 2.77. The zero-order valence-electron chi connectivity index (χ0n) is 12.4. The molecule has 0 fully saturated rings. The number of fused-ring (bicyclic) bond motifs is 1. The Morgan fingerprint density at radius 1 is 1.41 bits per heavy atom. The van der Waals surface area contributed by atoms with Crippen LogP contribution in [0.2, 0.25) is 0 Å². The molecule has 22 heavy (non-hydrogen) atoms. The quantitative estimate of drug-likeness (QED) is 0.721. The van der Waals surface area contributed by atoms with E-state index in [9.17, 15) is 4.79 Å². The van der Waals surface area contributed by atoms with Crippen LogP contribution in [0.4, 0.5) is 0 Å². The van der Waals surface area contributed by atoms with E-state index >= 15 is 0 Å². The lowest BCUT2D eigenvalue weighted by atomic mass is 10.3. The Balaban J connectivity index is 1.57. The fourth-order valence-corrected chi connectivity index (χ4v) is 2.74. The minimum atomic E-state index is -0.339. The van der Waals surface area contributed by atoms with Gasteiger partial charge in [0.15, 0.2) is 0 Å². The van der Waals surface area contributed by atoms with Gasteiger partial charge in [0, 0.05) is 20.0 Å². The Hall–Kier alpha value is -2.49. The topological polar surface area (TPSA) is 99.2 Å². The molecule has 116 valence electrons. The molecule has 0 aliphatic rings. The molecule has 10 heteroatoms. The predicted molar refractivity (Wildman–Crippen MR) is 79.2 cm³/mol. The zero-order chi connectivity index (χ0) is 15.7. The number of aromatic nitrogens is 6. The van der Waals surface area contributed by atoms with Crippen LogP contribution in [-0.4, -0.2) is 48.9 Å². The molecule has 0 unspecified atom stereocenters. The highest BCUT2D eigenvalue weighted by Crippen LogP contribution is 2.13. The molecule has 1 amide bonds. The predicted octanol–water partition coefficient (Wildman–Crippen LogP) is 0.209. The van der Waals surface area contributed by atoms with Crippen molar-refractivity contribution in [1.82, 2.24) is 34.7 Å². The van der Waals surface area contributed by atoms with Crippen molar-refractivity contribution in [2.24, 2.45) is 7.05 Å². The largest absolute Gasteiger partial charge is 0.467 e. The number of ether oxygens (including phenoxy) is 1. The average molecular weight is 321 g/mol. The lowest BCUT2D eigenvalue weighted by Gasteiger charge is -1.99. The van der Waals surface area contributed by atoms with E-state index < -0.39 is 0 Å². The summed E-state index contributed by atoms with van der Waals surface area (Å²) in [6, 6.07) is 0.293. The van der Waals surface area contributed by atoms with Crippen LogP contribution in [0.15, 0.2) is 6.20 Å². The minimum absolute atomic E-state index is 0.0856. The van der Waals surface area contributed by atoms with Crippen LogP contribution in [-0.2, 0) is 13.5 Å².